The van der Waals surface area contributed by atoms with E-state index in [-0.39, 0.29) is 5.75 Å². The number of methoxy groups -OCH3 is 1. The van der Waals surface area contributed by atoms with E-state index < -0.39 is 12.8 Å². The van der Waals surface area contributed by atoms with E-state index in [4.69, 9.17) is 9.47 Å². The Morgan fingerprint density at radius 1 is 1.11 bits per heavy atom. The molecule has 1 saturated heterocycles. The number of benzene rings is 1. The van der Waals surface area contributed by atoms with Gasteiger partial charge in [-0.25, -0.2) is 0 Å². The molecule has 0 N–H and O–H groups in total. The molecule has 0 spiro atoms. The van der Waals surface area contributed by atoms with Crippen LogP contribution in [0.15, 0.2) is 12.1 Å². The van der Waals surface area contributed by atoms with Crippen LogP contribution in [-0.4, -0.2) is 37.9 Å². The van der Waals surface area contributed by atoms with E-state index in [9.17, 15) is 13.2 Å². The summed E-state index contributed by atoms with van der Waals surface area (Å²) in [4.78, 5) is 2.54. The van der Waals surface area contributed by atoms with E-state index in [1.165, 1.54) is 25.5 Å². The summed E-state index contributed by atoms with van der Waals surface area (Å²) in [7, 11) is 1.48. The highest BCUT2D eigenvalue weighted by Crippen LogP contribution is 2.44. The third-order valence-corrected chi connectivity index (χ3v) is 5.53. The van der Waals surface area contributed by atoms with E-state index in [0.717, 1.165) is 31.5 Å². The van der Waals surface area contributed by atoms with Gasteiger partial charge in [0.1, 0.15) is 0 Å². The maximum absolute atomic E-state index is 12.5. The average Bonchev–Trinajstić information content (AvgIpc) is 2.56. The minimum atomic E-state index is -4.36. The fourth-order valence-corrected chi connectivity index (χ4v) is 4.60. The number of ether oxygens (including phenoxy) is 2. The molecule has 27 heavy (non-hydrogen) atoms. The quantitative estimate of drug-likeness (QED) is 0.694. The van der Waals surface area contributed by atoms with Gasteiger partial charge < -0.3 is 9.47 Å². The van der Waals surface area contributed by atoms with Crippen molar-refractivity contribution in [2.75, 3.05) is 26.8 Å². The molecule has 1 aromatic rings. The molecule has 0 bridgehead atoms. The Hall–Kier alpha value is -1.43. The van der Waals surface area contributed by atoms with Crippen molar-refractivity contribution in [3.8, 4) is 11.5 Å². The molecule has 3 rings (SSSR count). The number of halogens is 3. The highest BCUT2D eigenvalue weighted by Gasteiger charge is 2.36. The van der Waals surface area contributed by atoms with Gasteiger partial charge in [-0.3, -0.25) is 4.90 Å². The first-order chi connectivity index (χ1) is 12.6. The second-order valence-electron chi connectivity index (χ2n) is 9.07. The molecule has 2 aliphatic rings. The number of alkyl halides is 3. The first-order valence-corrected chi connectivity index (χ1v) is 9.70. The van der Waals surface area contributed by atoms with E-state index >= 15 is 0 Å². The zero-order valence-electron chi connectivity index (χ0n) is 16.7. The summed E-state index contributed by atoms with van der Waals surface area (Å²) in [6, 6.07) is 3.97. The summed E-state index contributed by atoms with van der Waals surface area (Å²) in [5.41, 5.74) is 2.61. The standard InChI is InChI=1S/C21H30F3NO2/c1-20(2,3)11-14-5-6-17-16-10-18(26-4)19(27-13-21(22,23)24)9-15(16)7-8-25(17)12-14/h9-10,14,17H,5-8,11-13H2,1-4H3. The zero-order valence-corrected chi connectivity index (χ0v) is 16.7. The molecule has 1 fully saturated rings. The Bertz CT molecular complexity index is 667. The summed E-state index contributed by atoms with van der Waals surface area (Å²) in [6.45, 7) is 7.61. The van der Waals surface area contributed by atoms with Crippen LogP contribution in [0.4, 0.5) is 13.2 Å². The molecule has 2 heterocycles. The molecule has 0 amide bonds. The lowest BCUT2D eigenvalue weighted by Gasteiger charge is -2.45. The van der Waals surface area contributed by atoms with Crippen LogP contribution in [-0.2, 0) is 6.42 Å². The van der Waals surface area contributed by atoms with Crippen molar-refractivity contribution >= 4 is 0 Å². The molecule has 3 nitrogen and oxygen atoms in total. The first kappa shape index (κ1) is 20.3. The Balaban J connectivity index is 1.77. The maximum Gasteiger partial charge on any atom is 0.422 e. The molecule has 2 aliphatic heterocycles. The molecule has 2 unspecified atom stereocenters. The molecular formula is C21H30F3NO2. The van der Waals surface area contributed by atoms with E-state index in [2.05, 4.69) is 25.7 Å². The fourth-order valence-electron chi connectivity index (χ4n) is 4.60. The van der Waals surface area contributed by atoms with Crippen LogP contribution < -0.4 is 9.47 Å². The predicted molar refractivity (Wildman–Crippen MR) is 99.4 cm³/mol. The van der Waals surface area contributed by atoms with Gasteiger partial charge >= 0.3 is 6.18 Å². The first-order valence-electron chi connectivity index (χ1n) is 9.70. The minimum Gasteiger partial charge on any atom is -0.493 e. The topological polar surface area (TPSA) is 21.7 Å². The van der Waals surface area contributed by atoms with Gasteiger partial charge in [-0.1, -0.05) is 20.8 Å². The third-order valence-electron chi connectivity index (χ3n) is 5.53. The third kappa shape index (κ3) is 5.09. The Labute approximate surface area is 159 Å². The summed E-state index contributed by atoms with van der Waals surface area (Å²) >= 11 is 0. The SMILES string of the molecule is COc1cc2c(cc1OCC(F)(F)F)CCN1CC(CC(C)(C)C)CCC21. The summed E-state index contributed by atoms with van der Waals surface area (Å²) in [5.74, 6) is 1.28. The number of hydrogen-bond donors (Lipinski definition) is 0. The lowest BCUT2D eigenvalue weighted by molar-refractivity contribution is -0.153. The average molecular weight is 385 g/mol. The molecule has 0 aliphatic carbocycles. The van der Waals surface area contributed by atoms with Crippen LogP contribution in [0.1, 0.15) is 57.2 Å². The van der Waals surface area contributed by atoms with E-state index in [1.54, 1.807) is 6.07 Å². The lowest BCUT2D eigenvalue weighted by atomic mass is 9.77. The molecule has 0 saturated carbocycles. The van der Waals surface area contributed by atoms with Crippen LogP contribution in [0.3, 0.4) is 0 Å². The Kier molecular flexibility index (Phi) is 5.67. The van der Waals surface area contributed by atoms with Crippen LogP contribution >= 0.6 is 0 Å². The van der Waals surface area contributed by atoms with Gasteiger partial charge in [0.05, 0.1) is 7.11 Å². The number of hydrogen-bond acceptors (Lipinski definition) is 3. The van der Waals surface area contributed by atoms with Crippen molar-refractivity contribution in [1.29, 1.82) is 0 Å². The summed E-state index contributed by atoms with van der Waals surface area (Å²) < 4.78 is 47.9. The van der Waals surface area contributed by atoms with Crippen molar-refractivity contribution in [2.24, 2.45) is 11.3 Å². The monoisotopic (exact) mass is 385 g/mol. The molecule has 2 atom stereocenters. The second kappa shape index (κ2) is 7.53. The Morgan fingerprint density at radius 3 is 2.48 bits per heavy atom. The number of rotatable bonds is 4. The molecule has 0 aromatic heterocycles. The predicted octanol–water partition coefficient (Wildman–Crippen LogP) is 5.38. The van der Waals surface area contributed by atoms with Crippen molar-refractivity contribution in [1.82, 2.24) is 4.90 Å². The second-order valence-corrected chi connectivity index (χ2v) is 9.07. The summed E-state index contributed by atoms with van der Waals surface area (Å²) in [6.07, 6.45) is -0.0353. The molecule has 1 aromatic carbocycles. The highest BCUT2D eigenvalue weighted by molar-refractivity contribution is 5.49. The molecule has 152 valence electrons. The van der Waals surface area contributed by atoms with Gasteiger partial charge in [-0.2, -0.15) is 13.2 Å². The number of piperidine rings is 1. The largest absolute Gasteiger partial charge is 0.493 e. The van der Waals surface area contributed by atoms with Crippen molar-refractivity contribution < 1.29 is 22.6 Å². The van der Waals surface area contributed by atoms with Crippen molar-refractivity contribution in [3.05, 3.63) is 23.3 Å². The van der Waals surface area contributed by atoms with Gasteiger partial charge in [-0.15, -0.1) is 0 Å². The fraction of sp³-hybridized carbons (Fsp3) is 0.714. The number of nitrogens with zero attached hydrogens (tertiary/aromatic N) is 1. The van der Waals surface area contributed by atoms with Crippen molar-refractivity contribution in [2.45, 2.75) is 58.7 Å². The van der Waals surface area contributed by atoms with E-state index in [0.29, 0.717) is 23.1 Å². The van der Waals surface area contributed by atoms with Gasteiger partial charge in [0.2, 0.25) is 0 Å². The van der Waals surface area contributed by atoms with Crippen LogP contribution in [0.2, 0.25) is 0 Å². The van der Waals surface area contributed by atoms with Gasteiger partial charge in [0.15, 0.2) is 18.1 Å². The van der Waals surface area contributed by atoms with E-state index in [1.807, 2.05) is 6.07 Å². The summed E-state index contributed by atoms with van der Waals surface area (Å²) in [5, 5.41) is 0. The van der Waals surface area contributed by atoms with Gasteiger partial charge in [-0.05, 0) is 60.3 Å². The zero-order chi connectivity index (χ0) is 19.8. The highest BCUT2D eigenvalue weighted by atomic mass is 19.4. The van der Waals surface area contributed by atoms with Crippen LogP contribution in [0, 0.1) is 11.3 Å². The minimum absolute atomic E-state index is 0.184. The van der Waals surface area contributed by atoms with Crippen LogP contribution in [0.25, 0.3) is 0 Å². The van der Waals surface area contributed by atoms with Gasteiger partial charge in [0, 0.05) is 19.1 Å². The lowest BCUT2D eigenvalue weighted by Crippen LogP contribution is -2.43. The number of fused-ring (bicyclic) bond motifs is 3. The Morgan fingerprint density at radius 2 is 1.85 bits per heavy atom. The smallest absolute Gasteiger partial charge is 0.422 e. The van der Waals surface area contributed by atoms with Crippen molar-refractivity contribution in [3.63, 3.8) is 0 Å². The molecule has 6 heteroatoms. The normalized spacial score (nSPS) is 23.5. The molecule has 0 radical (unpaired) electrons. The van der Waals surface area contributed by atoms with Crippen LogP contribution in [0.5, 0.6) is 11.5 Å². The van der Waals surface area contributed by atoms with Gasteiger partial charge in [0.25, 0.3) is 0 Å². The maximum atomic E-state index is 12.5. The molecular weight excluding hydrogens is 355 g/mol.